The van der Waals surface area contributed by atoms with Crippen molar-refractivity contribution in [3.63, 3.8) is 0 Å². The Balaban J connectivity index is 2.30. The minimum Gasteiger partial charge on any atom is -0.505 e. The fraction of sp³-hybridized carbons (Fsp3) is 0.125. The van der Waals surface area contributed by atoms with Crippen LogP contribution < -0.4 is 0 Å². The highest BCUT2D eigenvalue weighted by Crippen LogP contribution is 2.32. The third-order valence-electron chi connectivity index (χ3n) is 3.75. The van der Waals surface area contributed by atoms with Gasteiger partial charge >= 0.3 is 5.97 Å². The Labute approximate surface area is 148 Å². The minimum absolute atomic E-state index is 0.228. The Morgan fingerprint density at radius 2 is 2.04 bits per heavy atom. The summed E-state index contributed by atoms with van der Waals surface area (Å²) >= 11 is 4.62. The molecule has 2 aromatic heterocycles. The third kappa shape index (κ3) is 2.71. The number of fused-ring (bicyclic) bond motifs is 1. The Morgan fingerprint density at radius 1 is 1.33 bits per heavy atom. The highest BCUT2D eigenvalue weighted by Gasteiger charge is 2.23. The number of aliphatic carboxylic acids is 1. The van der Waals surface area contributed by atoms with E-state index in [0.29, 0.717) is 22.2 Å². The number of halogens is 2. The molecule has 0 aliphatic heterocycles. The summed E-state index contributed by atoms with van der Waals surface area (Å²) in [6, 6.07) is 3.84. The number of phenolic OH excluding ortho intramolecular Hbond substituents is 1. The summed E-state index contributed by atoms with van der Waals surface area (Å²) in [5.41, 5.74) is 1.41. The molecule has 2 N–H and O–H groups in total. The van der Waals surface area contributed by atoms with Crippen LogP contribution in [0.1, 0.15) is 21.6 Å². The van der Waals surface area contributed by atoms with Gasteiger partial charge in [-0.05, 0) is 40.5 Å². The first-order valence-electron chi connectivity index (χ1n) is 6.82. The van der Waals surface area contributed by atoms with E-state index in [1.165, 1.54) is 15.9 Å². The second-order valence-electron chi connectivity index (χ2n) is 5.24. The number of phenols is 1. The van der Waals surface area contributed by atoms with E-state index in [-0.39, 0.29) is 17.8 Å². The molecule has 1 aromatic carbocycles. The zero-order valence-electron chi connectivity index (χ0n) is 12.3. The van der Waals surface area contributed by atoms with Crippen LogP contribution in [0.5, 0.6) is 5.75 Å². The summed E-state index contributed by atoms with van der Waals surface area (Å²) in [7, 11) is 0. The monoisotopic (exact) mass is 411 g/mol. The van der Waals surface area contributed by atoms with Crippen LogP contribution in [0.25, 0.3) is 10.9 Å². The fourth-order valence-electron chi connectivity index (χ4n) is 2.68. The lowest BCUT2D eigenvalue weighted by atomic mass is 10.1. The molecule has 0 atom stereocenters. The van der Waals surface area contributed by atoms with Crippen molar-refractivity contribution in [2.75, 3.05) is 0 Å². The smallest absolute Gasteiger partial charge is 0.307 e. The summed E-state index contributed by atoms with van der Waals surface area (Å²) in [5, 5.41) is 20.7. The number of aromatic hydroxyl groups is 1. The van der Waals surface area contributed by atoms with Crippen molar-refractivity contribution in [3.8, 4) is 5.75 Å². The maximum Gasteiger partial charge on any atom is 0.307 e. The lowest BCUT2D eigenvalue weighted by Gasteiger charge is -2.06. The van der Waals surface area contributed by atoms with Gasteiger partial charge in [0.15, 0.2) is 11.6 Å². The van der Waals surface area contributed by atoms with E-state index in [4.69, 9.17) is 5.11 Å². The maximum atomic E-state index is 13.8. The molecule has 0 radical (unpaired) electrons. The van der Waals surface area contributed by atoms with E-state index in [2.05, 4.69) is 15.9 Å². The van der Waals surface area contributed by atoms with Gasteiger partial charge < -0.3 is 10.2 Å². The van der Waals surface area contributed by atoms with Gasteiger partial charge in [-0.1, -0.05) is 0 Å². The lowest BCUT2D eigenvalue weighted by Crippen LogP contribution is -2.13. The van der Waals surface area contributed by atoms with Crippen LogP contribution in [-0.2, 0) is 11.2 Å². The third-order valence-corrected chi connectivity index (χ3v) is 5.25. The van der Waals surface area contributed by atoms with Crippen LogP contribution in [0.2, 0.25) is 0 Å². The van der Waals surface area contributed by atoms with E-state index in [0.717, 1.165) is 15.9 Å². The predicted octanol–water partition coefficient (Wildman–Crippen LogP) is 3.93. The van der Waals surface area contributed by atoms with E-state index in [9.17, 15) is 19.1 Å². The first kappa shape index (κ1) is 16.7. The number of hydrogen-bond donors (Lipinski definition) is 2. The average Bonchev–Trinajstić information content (AvgIpc) is 3.03. The zero-order chi connectivity index (χ0) is 17.6. The molecule has 0 aliphatic carbocycles. The lowest BCUT2D eigenvalue weighted by molar-refractivity contribution is -0.136. The van der Waals surface area contributed by atoms with Gasteiger partial charge in [-0.2, -0.15) is 0 Å². The quantitative estimate of drug-likeness (QED) is 0.683. The van der Waals surface area contributed by atoms with Gasteiger partial charge in [0, 0.05) is 22.5 Å². The molecule has 0 saturated carbocycles. The van der Waals surface area contributed by atoms with Gasteiger partial charge in [-0.25, -0.2) is 4.39 Å². The van der Waals surface area contributed by atoms with Crippen molar-refractivity contribution < 1.29 is 24.2 Å². The second-order valence-corrected chi connectivity index (χ2v) is 7.53. The normalized spacial score (nSPS) is 11.1. The largest absolute Gasteiger partial charge is 0.505 e. The van der Waals surface area contributed by atoms with E-state index >= 15 is 0 Å². The summed E-state index contributed by atoms with van der Waals surface area (Å²) in [6.07, 6.45) is -0.332. The van der Waals surface area contributed by atoms with Crippen LogP contribution in [0.4, 0.5) is 4.39 Å². The summed E-state index contributed by atoms with van der Waals surface area (Å²) in [5.74, 6) is -2.92. The van der Waals surface area contributed by atoms with Crippen LogP contribution in [0, 0.1) is 12.7 Å². The number of carbonyl (C=O) groups excluding carboxylic acids is 1. The number of carboxylic acids is 1. The van der Waals surface area contributed by atoms with Gasteiger partial charge in [0.05, 0.1) is 21.3 Å². The number of benzene rings is 1. The van der Waals surface area contributed by atoms with E-state index in [1.807, 2.05) is 0 Å². The van der Waals surface area contributed by atoms with Gasteiger partial charge in [0.1, 0.15) is 0 Å². The number of nitrogens with zero attached hydrogens (tertiary/aromatic N) is 1. The van der Waals surface area contributed by atoms with Gasteiger partial charge in [0.25, 0.3) is 5.91 Å². The molecule has 0 aliphatic rings. The summed E-state index contributed by atoms with van der Waals surface area (Å²) < 4.78 is 15.9. The predicted molar refractivity (Wildman–Crippen MR) is 91.4 cm³/mol. The average molecular weight is 412 g/mol. The Bertz CT molecular complexity index is 992. The highest BCUT2D eigenvalue weighted by molar-refractivity contribution is 9.11. The molecule has 8 heteroatoms. The highest BCUT2D eigenvalue weighted by atomic mass is 79.9. The van der Waals surface area contributed by atoms with E-state index in [1.54, 1.807) is 18.4 Å². The molecule has 0 bridgehead atoms. The van der Waals surface area contributed by atoms with Crippen molar-refractivity contribution in [1.29, 1.82) is 0 Å². The minimum atomic E-state index is -1.08. The molecule has 0 spiro atoms. The van der Waals surface area contributed by atoms with Crippen LogP contribution in [0.3, 0.4) is 0 Å². The molecule has 24 heavy (non-hydrogen) atoms. The molecule has 3 rings (SSSR count). The van der Waals surface area contributed by atoms with Crippen LogP contribution >= 0.6 is 27.3 Å². The molecule has 0 fully saturated rings. The van der Waals surface area contributed by atoms with Crippen molar-refractivity contribution >= 4 is 50.0 Å². The second kappa shape index (κ2) is 6.03. The molecule has 2 heterocycles. The van der Waals surface area contributed by atoms with Gasteiger partial charge in [-0.3, -0.25) is 14.2 Å². The molecule has 0 amide bonds. The number of rotatable bonds is 3. The number of thiophene rings is 1. The SMILES string of the molecule is Cc1c(CC(=O)O)c2cc(O)c(F)cc2n1C(=O)c1csc(Br)c1. The first-order valence-corrected chi connectivity index (χ1v) is 8.49. The fourth-order valence-corrected chi connectivity index (χ4v) is 3.81. The van der Waals surface area contributed by atoms with Crippen molar-refractivity contribution in [2.45, 2.75) is 13.3 Å². The Hall–Kier alpha value is -2.19. The topological polar surface area (TPSA) is 79.5 Å². The molecule has 3 aromatic rings. The number of carbonyl (C=O) groups is 2. The first-order chi connectivity index (χ1) is 11.3. The van der Waals surface area contributed by atoms with Crippen molar-refractivity contribution in [3.05, 3.63) is 50.0 Å². The standard InChI is InChI=1S/C16H11BrFNO4S/c1-7-9(4-15(21)22)10-3-13(20)11(18)5-12(10)19(7)16(23)8-2-14(17)24-6-8/h2-3,5-6,20H,4H2,1H3,(H,21,22). The Morgan fingerprint density at radius 3 is 2.62 bits per heavy atom. The molecule has 124 valence electrons. The zero-order valence-corrected chi connectivity index (χ0v) is 14.7. The van der Waals surface area contributed by atoms with Crippen LogP contribution in [-0.4, -0.2) is 26.7 Å². The number of carboxylic acid groups (broad SMARTS) is 1. The molecule has 0 saturated heterocycles. The number of hydrogen-bond acceptors (Lipinski definition) is 4. The number of aromatic nitrogens is 1. The molecular weight excluding hydrogens is 401 g/mol. The summed E-state index contributed by atoms with van der Waals surface area (Å²) in [6.45, 7) is 1.60. The molecule has 5 nitrogen and oxygen atoms in total. The van der Waals surface area contributed by atoms with Gasteiger partial charge in [0.2, 0.25) is 0 Å². The summed E-state index contributed by atoms with van der Waals surface area (Å²) in [4.78, 5) is 23.9. The van der Waals surface area contributed by atoms with E-state index < -0.39 is 17.5 Å². The molecule has 0 unspecified atom stereocenters. The van der Waals surface area contributed by atoms with Crippen molar-refractivity contribution in [1.82, 2.24) is 4.57 Å². The maximum absolute atomic E-state index is 13.8. The van der Waals surface area contributed by atoms with Crippen LogP contribution in [0.15, 0.2) is 27.4 Å². The molecular formula is C16H11BrFNO4S. The van der Waals surface area contributed by atoms with Crippen molar-refractivity contribution in [2.24, 2.45) is 0 Å². The Kier molecular flexibility index (Phi) is 4.18. The van der Waals surface area contributed by atoms with Gasteiger partial charge in [-0.15, -0.1) is 11.3 Å².